The van der Waals surface area contributed by atoms with Crippen LogP contribution < -0.4 is 5.32 Å². The molecule has 0 bridgehead atoms. The van der Waals surface area contributed by atoms with Gasteiger partial charge in [0.2, 0.25) is 5.82 Å². The molecule has 3 rings (SSSR count). The molecular formula is C16H15N3O. The third-order valence-electron chi connectivity index (χ3n) is 3.07. The fraction of sp³-hybridized carbons (Fsp3) is 0.125. The van der Waals surface area contributed by atoms with Crippen LogP contribution in [0, 0.1) is 0 Å². The van der Waals surface area contributed by atoms with E-state index in [0.29, 0.717) is 11.8 Å². The summed E-state index contributed by atoms with van der Waals surface area (Å²) in [6, 6.07) is 18.3. The highest BCUT2D eigenvalue weighted by atomic mass is 16.5. The number of nitrogens with zero attached hydrogens (tertiary/aromatic N) is 2. The van der Waals surface area contributed by atoms with Crippen LogP contribution in [0.3, 0.4) is 0 Å². The van der Waals surface area contributed by atoms with Crippen molar-refractivity contribution >= 4 is 11.7 Å². The Morgan fingerprint density at radius 2 is 1.75 bits per heavy atom. The van der Waals surface area contributed by atoms with Crippen LogP contribution in [-0.2, 0) is 6.42 Å². The van der Waals surface area contributed by atoms with Crippen molar-refractivity contribution in [3.63, 3.8) is 0 Å². The number of aryl methyl sites for hydroxylation is 1. The molecule has 0 radical (unpaired) electrons. The number of hydrogen-bond acceptors (Lipinski definition) is 4. The normalized spacial score (nSPS) is 10.4. The van der Waals surface area contributed by atoms with Gasteiger partial charge in [-0.15, -0.1) is 0 Å². The Morgan fingerprint density at radius 3 is 2.45 bits per heavy atom. The fourth-order valence-corrected chi connectivity index (χ4v) is 1.93. The zero-order valence-electron chi connectivity index (χ0n) is 11.2. The first-order valence-corrected chi connectivity index (χ1v) is 6.60. The van der Waals surface area contributed by atoms with E-state index in [2.05, 4.69) is 34.5 Å². The molecule has 4 nitrogen and oxygen atoms in total. The summed E-state index contributed by atoms with van der Waals surface area (Å²) >= 11 is 0. The number of rotatable bonds is 4. The predicted molar refractivity (Wildman–Crippen MR) is 78.8 cm³/mol. The van der Waals surface area contributed by atoms with Crippen molar-refractivity contribution in [1.29, 1.82) is 0 Å². The lowest BCUT2D eigenvalue weighted by atomic mass is 10.1. The summed E-state index contributed by atoms with van der Waals surface area (Å²) in [6.07, 6.45) is 1.03. The summed E-state index contributed by atoms with van der Waals surface area (Å²) < 4.78 is 5.21. The van der Waals surface area contributed by atoms with Gasteiger partial charge in [0.1, 0.15) is 0 Å². The van der Waals surface area contributed by atoms with Crippen LogP contribution in [0.5, 0.6) is 0 Å². The molecule has 0 aliphatic heterocycles. The Labute approximate surface area is 117 Å². The molecule has 2 aromatic carbocycles. The second kappa shape index (κ2) is 5.57. The monoisotopic (exact) mass is 265 g/mol. The lowest BCUT2D eigenvalue weighted by Crippen LogP contribution is -1.91. The van der Waals surface area contributed by atoms with E-state index in [1.807, 2.05) is 42.5 Å². The first-order chi connectivity index (χ1) is 9.85. The van der Waals surface area contributed by atoms with Gasteiger partial charge in [0, 0.05) is 11.3 Å². The van der Waals surface area contributed by atoms with Gasteiger partial charge in [0.05, 0.1) is 0 Å². The zero-order valence-corrected chi connectivity index (χ0v) is 11.2. The van der Waals surface area contributed by atoms with E-state index >= 15 is 0 Å². The quantitative estimate of drug-likeness (QED) is 0.773. The highest BCUT2D eigenvalue weighted by Crippen LogP contribution is 2.20. The van der Waals surface area contributed by atoms with E-state index in [-0.39, 0.29) is 0 Å². The van der Waals surface area contributed by atoms with Gasteiger partial charge in [-0.3, -0.25) is 0 Å². The summed E-state index contributed by atoms with van der Waals surface area (Å²) in [4.78, 5) is 4.33. The molecule has 20 heavy (non-hydrogen) atoms. The average Bonchev–Trinajstić information content (AvgIpc) is 2.97. The minimum Gasteiger partial charge on any atom is -0.315 e. The minimum atomic E-state index is 0.396. The summed E-state index contributed by atoms with van der Waals surface area (Å²) in [7, 11) is 0. The van der Waals surface area contributed by atoms with Gasteiger partial charge in [0.25, 0.3) is 0 Å². The molecule has 0 spiro atoms. The molecule has 0 unspecified atom stereocenters. The van der Waals surface area contributed by atoms with Crippen LogP contribution in [0.2, 0.25) is 0 Å². The van der Waals surface area contributed by atoms with Crippen LogP contribution in [0.25, 0.3) is 11.4 Å². The van der Waals surface area contributed by atoms with Crippen molar-refractivity contribution in [2.45, 2.75) is 13.3 Å². The van der Waals surface area contributed by atoms with Crippen LogP contribution in [0.4, 0.5) is 11.7 Å². The van der Waals surface area contributed by atoms with Crippen molar-refractivity contribution in [3.05, 3.63) is 60.2 Å². The Hall–Kier alpha value is -2.62. The second-order valence-corrected chi connectivity index (χ2v) is 4.46. The first kappa shape index (κ1) is 12.4. The van der Waals surface area contributed by atoms with Gasteiger partial charge in [-0.2, -0.15) is 4.98 Å². The summed E-state index contributed by atoms with van der Waals surface area (Å²) in [5.74, 6) is 0.582. The van der Waals surface area contributed by atoms with Crippen molar-refractivity contribution < 1.29 is 4.52 Å². The predicted octanol–water partition coefficient (Wildman–Crippen LogP) is 4.04. The summed E-state index contributed by atoms with van der Waals surface area (Å²) in [5.41, 5.74) is 3.17. The smallest absolute Gasteiger partial charge is 0.315 e. The number of nitrogens with one attached hydrogen (secondary N) is 1. The molecule has 0 aliphatic rings. The molecule has 0 aliphatic carbocycles. The number of hydrogen-bond donors (Lipinski definition) is 1. The molecule has 0 atom stereocenters. The maximum atomic E-state index is 5.21. The molecule has 0 saturated carbocycles. The van der Waals surface area contributed by atoms with Gasteiger partial charge in [-0.1, -0.05) is 54.5 Å². The number of benzene rings is 2. The molecule has 4 heteroatoms. The van der Waals surface area contributed by atoms with Crippen molar-refractivity contribution in [2.24, 2.45) is 0 Å². The number of aromatic nitrogens is 2. The lowest BCUT2D eigenvalue weighted by Gasteiger charge is -2.01. The van der Waals surface area contributed by atoms with E-state index < -0.39 is 0 Å². The fourth-order valence-electron chi connectivity index (χ4n) is 1.93. The van der Waals surface area contributed by atoms with Gasteiger partial charge < -0.3 is 9.84 Å². The molecule has 100 valence electrons. The van der Waals surface area contributed by atoms with E-state index in [9.17, 15) is 0 Å². The molecule has 0 fully saturated rings. The molecule has 0 amide bonds. The largest absolute Gasteiger partial charge is 0.326 e. The van der Waals surface area contributed by atoms with E-state index in [1.54, 1.807) is 0 Å². The lowest BCUT2D eigenvalue weighted by molar-refractivity contribution is 0.435. The molecule has 1 N–H and O–H groups in total. The van der Waals surface area contributed by atoms with E-state index in [1.165, 1.54) is 5.56 Å². The Morgan fingerprint density at radius 1 is 1.00 bits per heavy atom. The van der Waals surface area contributed by atoms with Gasteiger partial charge in [0.15, 0.2) is 0 Å². The van der Waals surface area contributed by atoms with E-state index in [4.69, 9.17) is 4.52 Å². The van der Waals surface area contributed by atoms with Crippen LogP contribution in [-0.4, -0.2) is 10.1 Å². The maximum Gasteiger partial charge on any atom is 0.326 e. The third kappa shape index (κ3) is 2.69. The average molecular weight is 265 g/mol. The molecular weight excluding hydrogens is 250 g/mol. The minimum absolute atomic E-state index is 0.396. The van der Waals surface area contributed by atoms with Crippen molar-refractivity contribution in [2.75, 3.05) is 5.32 Å². The highest BCUT2D eigenvalue weighted by molar-refractivity contribution is 5.58. The summed E-state index contributed by atoms with van der Waals surface area (Å²) in [6.45, 7) is 2.13. The van der Waals surface area contributed by atoms with E-state index in [0.717, 1.165) is 17.7 Å². The Kier molecular flexibility index (Phi) is 3.46. The Balaban J connectivity index is 1.77. The zero-order chi connectivity index (χ0) is 13.8. The van der Waals surface area contributed by atoms with Crippen LogP contribution in [0.1, 0.15) is 12.5 Å². The molecule has 1 aromatic heterocycles. The summed E-state index contributed by atoms with van der Waals surface area (Å²) in [5, 5.41) is 7.07. The van der Waals surface area contributed by atoms with Crippen LogP contribution in [0.15, 0.2) is 59.1 Å². The van der Waals surface area contributed by atoms with Gasteiger partial charge >= 0.3 is 6.01 Å². The SMILES string of the molecule is CCc1ccc(Nc2nc(-c3ccccc3)no2)cc1. The second-order valence-electron chi connectivity index (χ2n) is 4.46. The molecule has 1 heterocycles. The molecule has 3 aromatic rings. The van der Waals surface area contributed by atoms with Crippen molar-refractivity contribution in [3.8, 4) is 11.4 Å². The van der Waals surface area contributed by atoms with Gasteiger partial charge in [-0.05, 0) is 24.1 Å². The standard InChI is InChI=1S/C16H15N3O/c1-2-12-8-10-14(11-9-12)17-16-18-15(19-20-16)13-6-4-3-5-7-13/h3-11H,2H2,1H3,(H,17,18,19). The first-order valence-electron chi connectivity index (χ1n) is 6.60. The highest BCUT2D eigenvalue weighted by Gasteiger charge is 2.07. The number of anilines is 2. The maximum absolute atomic E-state index is 5.21. The van der Waals surface area contributed by atoms with Gasteiger partial charge in [-0.25, -0.2) is 0 Å². The van der Waals surface area contributed by atoms with Crippen LogP contribution >= 0.6 is 0 Å². The van der Waals surface area contributed by atoms with Crippen molar-refractivity contribution in [1.82, 2.24) is 10.1 Å². The topological polar surface area (TPSA) is 51.0 Å². The molecule has 0 saturated heterocycles. The Bertz CT molecular complexity index is 674. The third-order valence-corrected chi connectivity index (χ3v) is 3.07.